The van der Waals surface area contributed by atoms with E-state index in [9.17, 15) is 0 Å². The highest BCUT2D eigenvalue weighted by atomic mass is 15.3. The summed E-state index contributed by atoms with van der Waals surface area (Å²) in [5, 5.41) is 4.26. The van der Waals surface area contributed by atoms with E-state index in [0.717, 1.165) is 19.0 Å². The first-order valence-electron chi connectivity index (χ1n) is 7.37. The van der Waals surface area contributed by atoms with Gasteiger partial charge in [-0.15, -0.1) is 0 Å². The van der Waals surface area contributed by atoms with E-state index < -0.39 is 0 Å². The molecular weight excluding hydrogens is 236 g/mol. The lowest BCUT2D eigenvalue weighted by Crippen LogP contribution is -2.58. The van der Waals surface area contributed by atoms with Crippen LogP contribution in [0.5, 0.6) is 0 Å². The highest BCUT2D eigenvalue weighted by Gasteiger charge is 2.42. The van der Waals surface area contributed by atoms with Gasteiger partial charge in [-0.3, -0.25) is 9.58 Å². The Labute approximate surface area is 117 Å². The number of aromatic nitrogens is 2. The molecular formula is C15H28N4. The molecule has 1 saturated carbocycles. The molecule has 0 spiro atoms. The van der Waals surface area contributed by atoms with Crippen molar-refractivity contribution in [3.05, 3.63) is 18.0 Å². The van der Waals surface area contributed by atoms with Crippen LogP contribution in [-0.4, -0.2) is 33.8 Å². The van der Waals surface area contributed by atoms with E-state index in [1.807, 2.05) is 17.9 Å². The van der Waals surface area contributed by atoms with Crippen LogP contribution in [-0.2, 0) is 13.6 Å². The predicted octanol–water partition coefficient (Wildman–Crippen LogP) is 2.01. The Morgan fingerprint density at radius 1 is 1.47 bits per heavy atom. The van der Waals surface area contributed by atoms with Crippen LogP contribution in [0.15, 0.2) is 12.4 Å². The van der Waals surface area contributed by atoms with Gasteiger partial charge in [0, 0.05) is 37.4 Å². The lowest BCUT2D eigenvalue weighted by atomic mass is 9.68. The first-order chi connectivity index (χ1) is 8.98. The Morgan fingerprint density at radius 2 is 2.21 bits per heavy atom. The number of nitrogens with zero attached hydrogens (tertiary/aromatic N) is 3. The Hall–Kier alpha value is -0.870. The number of likely N-dealkylation sites (N-methyl/N-ethyl adjacent to an activating group) is 1. The maximum absolute atomic E-state index is 6.19. The average molecular weight is 264 g/mol. The Kier molecular flexibility index (Phi) is 4.31. The Balaban J connectivity index is 2.15. The molecule has 1 aliphatic rings. The monoisotopic (exact) mass is 264 g/mol. The zero-order valence-electron chi connectivity index (χ0n) is 12.8. The van der Waals surface area contributed by atoms with Gasteiger partial charge in [0.25, 0.3) is 0 Å². The normalized spacial score (nSPS) is 31.9. The fourth-order valence-electron chi connectivity index (χ4n) is 3.67. The molecule has 2 N–H and O–H groups in total. The van der Waals surface area contributed by atoms with E-state index in [0.29, 0.717) is 5.92 Å². The van der Waals surface area contributed by atoms with Crippen molar-refractivity contribution in [2.45, 2.75) is 45.2 Å². The smallest absolute Gasteiger partial charge is 0.0534 e. The summed E-state index contributed by atoms with van der Waals surface area (Å²) in [4.78, 5) is 2.46. The third-order valence-electron chi connectivity index (χ3n) is 5.00. The van der Waals surface area contributed by atoms with Crippen molar-refractivity contribution in [2.24, 2.45) is 24.6 Å². The lowest BCUT2D eigenvalue weighted by Gasteiger charge is -2.50. The first kappa shape index (κ1) is 14.5. The number of hydrogen-bond donors (Lipinski definition) is 1. The van der Waals surface area contributed by atoms with Crippen molar-refractivity contribution >= 4 is 0 Å². The van der Waals surface area contributed by atoms with Crippen molar-refractivity contribution in [2.75, 3.05) is 13.6 Å². The van der Waals surface area contributed by atoms with Crippen molar-refractivity contribution in [1.29, 1.82) is 0 Å². The molecule has 2 rings (SSSR count). The summed E-state index contributed by atoms with van der Waals surface area (Å²) in [6.07, 6.45) is 7.89. The average Bonchev–Trinajstić information content (AvgIpc) is 2.77. The highest BCUT2D eigenvalue weighted by molar-refractivity contribution is 5.07. The maximum atomic E-state index is 6.19. The van der Waals surface area contributed by atoms with Gasteiger partial charge in [0.1, 0.15) is 0 Å². The SMILES string of the molecule is CC1CCC(C)C(CN)(N(C)Cc2cnn(C)c2)C1. The third kappa shape index (κ3) is 2.84. The summed E-state index contributed by atoms with van der Waals surface area (Å²) >= 11 is 0. The van der Waals surface area contributed by atoms with Gasteiger partial charge in [0.15, 0.2) is 0 Å². The third-order valence-corrected chi connectivity index (χ3v) is 5.00. The van der Waals surface area contributed by atoms with E-state index in [-0.39, 0.29) is 5.54 Å². The molecule has 0 saturated heterocycles. The minimum absolute atomic E-state index is 0.146. The van der Waals surface area contributed by atoms with Crippen LogP contribution < -0.4 is 5.73 Å². The van der Waals surface area contributed by atoms with Crippen molar-refractivity contribution in [3.63, 3.8) is 0 Å². The summed E-state index contributed by atoms with van der Waals surface area (Å²) in [6.45, 7) is 6.39. The van der Waals surface area contributed by atoms with E-state index in [1.165, 1.54) is 24.8 Å². The van der Waals surface area contributed by atoms with Gasteiger partial charge in [-0.05, 0) is 31.7 Å². The van der Waals surface area contributed by atoms with E-state index in [1.54, 1.807) is 0 Å². The summed E-state index contributed by atoms with van der Waals surface area (Å²) in [7, 11) is 4.18. The molecule has 1 aliphatic carbocycles. The van der Waals surface area contributed by atoms with Crippen LogP contribution in [0, 0.1) is 11.8 Å². The Morgan fingerprint density at radius 3 is 2.79 bits per heavy atom. The minimum atomic E-state index is 0.146. The molecule has 1 aromatic rings. The number of aryl methyl sites for hydroxylation is 1. The van der Waals surface area contributed by atoms with Gasteiger partial charge in [-0.2, -0.15) is 5.10 Å². The quantitative estimate of drug-likeness (QED) is 0.905. The molecule has 1 fully saturated rings. The minimum Gasteiger partial charge on any atom is -0.329 e. The van der Waals surface area contributed by atoms with Crippen molar-refractivity contribution in [3.8, 4) is 0 Å². The number of hydrogen-bond acceptors (Lipinski definition) is 3. The van der Waals surface area contributed by atoms with Crippen LogP contribution in [0.2, 0.25) is 0 Å². The van der Waals surface area contributed by atoms with Gasteiger partial charge < -0.3 is 5.73 Å². The molecule has 1 aromatic heterocycles. The second-order valence-electron chi connectivity index (χ2n) is 6.47. The molecule has 4 heteroatoms. The van der Waals surface area contributed by atoms with Crippen LogP contribution in [0.25, 0.3) is 0 Å². The summed E-state index contributed by atoms with van der Waals surface area (Å²) in [5.74, 6) is 1.44. The molecule has 0 radical (unpaired) electrons. The van der Waals surface area contributed by atoms with Gasteiger partial charge in [0.05, 0.1) is 6.20 Å². The van der Waals surface area contributed by atoms with E-state index in [2.05, 4.69) is 37.1 Å². The lowest BCUT2D eigenvalue weighted by molar-refractivity contribution is 0.00903. The largest absolute Gasteiger partial charge is 0.329 e. The maximum Gasteiger partial charge on any atom is 0.0534 e. The standard InChI is InChI=1S/C15H28N4/c1-12-5-6-13(2)15(7-12,11-16)18(3)9-14-8-17-19(4)10-14/h8,10,12-13H,5-7,9,11,16H2,1-4H3. The Bertz CT molecular complexity index is 414. The van der Waals surface area contributed by atoms with Crippen LogP contribution >= 0.6 is 0 Å². The zero-order chi connectivity index (χ0) is 14.0. The molecule has 4 nitrogen and oxygen atoms in total. The number of nitrogens with two attached hydrogens (primary N) is 1. The van der Waals surface area contributed by atoms with Gasteiger partial charge in [0.2, 0.25) is 0 Å². The van der Waals surface area contributed by atoms with E-state index in [4.69, 9.17) is 5.73 Å². The first-order valence-corrected chi connectivity index (χ1v) is 7.37. The molecule has 0 amide bonds. The summed E-state index contributed by atoms with van der Waals surface area (Å²) in [5.41, 5.74) is 7.60. The molecule has 0 aliphatic heterocycles. The van der Waals surface area contributed by atoms with Gasteiger partial charge >= 0.3 is 0 Å². The summed E-state index contributed by atoms with van der Waals surface area (Å²) in [6, 6.07) is 0. The molecule has 1 heterocycles. The van der Waals surface area contributed by atoms with Crippen LogP contribution in [0.3, 0.4) is 0 Å². The van der Waals surface area contributed by atoms with Gasteiger partial charge in [-0.1, -0.05) is 20.3 Å². The predicted molar refractivity (Wildman–Crippen MR) is 78.6 cm³/mol. The fraction of sp³-hybridized carbons (Fsp3) is 0.800. The molecule has 0 bridgehead atoms. The van der Waals surface area contributed by atoms with Gasteiger partial charge in [-0.25, -0.2) is 0 Å². The fourth-order valence-corrected chi connectivity index (χ4v) is 3.67. The second-order valence-corrected chi connectivity index (χ2v) is 6.47. The summed E-state index contributed by atoms with van der Waals surface area (Å²) < 4.78 is 1.87. The molecule has 108 valence electrons. The molecule has 0 aromatic carbocycles. The van der Waals surface area contributed by atoms with Crippen LogP contribution in [0.4, 0.5) is 0 Å². The van der Waals surface area contributed by atoms with Crippen molar-refractivity contribution < 1.29 is 0 Å². The van der Waals surface area contributed by atoms with Crippen molar-refractivity contribution in [1.82, 2.24) is 14.7 Å². The molecule has 3 atom stereocenters. The van der Waals surface area contributed by atoms with E-state index >= 15 is 0 Å². The second kappa shape index (κ2) is 5.63. The van der Waals surface area contributed by atoms with Crippen LogP contribution in [0.1, 0.15) is 38.7 Å². The highest BCUT2D eigenvalue weighted by Crippen LogP contribution is 2.40. The molecule has 3 unspecified atom stereocenters. The topological polar surface area (TPSA) is 47.1 Å². The number of rotatable bonds is 4. The zero-order valence-corrected chi connectivity index (χ0v) is 12.8. The molecule has 19 heavy (non-hydrogen) atoms.